The summed E-state index contributed by atoms with van der Waals surface area (Å²) in [7, 11) is 0. The van der Waals surface area contributed by atoms with E-state index in [-0.39, 0.29) is 6.10 Å². The van der Waals surface area contributed by atoms with Gasteiger partial charge in [0.2, 0.25) is 0 Å². The summed E-state index contributed by atoms with van der Waals surface area (Å²) in [4.78, 5) is 8.81. The number of carbonyl (C=O) groups is 1. The minimum atomic E-state index is 0.235. The highest BCUT2D eigenvalue weighted by atomic mass is 16.7. The van der Waals surface area contributed by atoms with Crippen molar-refractivity contribution in [2.24, 2.45) is 0 Å². The van der Waals surface area contributed by atoms with Gasteiger partial charge >= 0.3 is 0 Å². The van der Waals surface area contributed by atoms with E-state index in [1.807, 2.05) is 32.0 Å². The molecule has 0 aliphatic carbocycles. The van der Waals surface area contributed by atoms with Crippen molar-refractivity contribution in [3.8, 4) is 16.9 Å². The second kappa shape index (κ2) is 17.7. The first-order valence-corrected chi connectivity index (χ1v) is 11.6. The van der Waals surface area contributed by atoms with Gasteiger partial charge in [-0.25, -0.2) is 0 Å². The number of hydrogen-bond donors (Lipinski definition) is 0. The van der Waals surface area contributed by atoms with Crippen molar-refractivity contribution in [1.82, 2.24) is 0 Å². The Balaban J connectivity index is 0.000000944. The van der Waals surface area contributed by atoms with Crippen molar-refractivity contribution in [3.05, 3.63) is 90.5 Å². The van der Waals surface area contributed by atoms with Crippen LogP contribution in [0.5, 0.6) is 5.75 Å². The SMILES string of the molecule is CC.CC=O.CCCC(CCc1ccccc1)OCOc1ccc(-c2ccccc2)cc1. The van der Waals surface area contributed by atoms with Gasteiger partial charge in [0.25, 0.3) is 0 Å². The highest BCUT2D eigenvalue weighted by Crippen LogP contribution is 2.22. The summed E-state index contributed by atoms with van der Waals surface area (Å²) in [6, 6.07) is 29.1. The van der Waals surface area contributed by atoms with E-state index < -0.39 is 0 Å². The minimum Gasteiger partial charge on any atom is -0.468 e. The number of rotatable bonds is 10. The number of hydrogen-bond acceptors (Lipinski definition) is 3. The van der Waals surface area contributed by atoms with Crippen LogP contribution in [0, 0.1) is 0 Å². The molecule has 0 heterocycles. The summed E-state index contributed by atoms with van der Waals surface area (Å²) in [6.45, 7) is 7.94. The molecule has 3 rings (SSSR count). The molecule has 3 nitrogen and oxygen atoms in total. The summed E-state index contributed by atoms with van der Waals surface area (Å²) in [5.74, 6) is 0.841. The van der Waals surface area contributed by atoms with Gasteiger partial charge in [-0.3, -0.25) is 0 Å². The normalized spacial score (nSPS) is 10.6. The number of ether oxygens (including phenoxy) is 2. The van der Waals surface area contributed by atoms with Crippen LogP contribution in [0.3, 0.4) is 0 Å². The zero-order chi connectivity index (χ0) is 23.4. The van der Waals surface area contributed by atoms with E-state index in [9.17, 15) is 0 Å². The Labute approximate surface area is 194 Å². The van der Waals surface area contributed by atoms with Crippen molar-refractivity contribution >= 4 is 6.29 Å². The molecule has 0 fully saturated rings. The fourth-order valence-corrected chi connectivity index (χ4v) is 3.18. The molecule has 32 heavy (non-hydrogen) atoms. The highest BCUT2D eigenvalue weighted by molar-refractivity contribution is 5.63. The number of carbonyl (C=O) groups excluding carboxylic acids is 1. The lowest BCUT2D eigenvalue weighted by molar-refractivity contribution is -0.106. The quantitative estimate of drug-likeness (QED) is 0.242. The second-order valence-electron chi connectivity index (χ2n) is 6.99. The summed E-state index contributed by atoms with van der Waals surface area (Å²) in [5, 5.41) is 0. The van der Waals surface area contributed by atoms with E-state index in [0.29, 0.717) is 6.79 Å². The summed E-state index contributed by atoms with van der Waals surface area (Å²) in [6.07, 6.45) is 5.22. The van der Waals surface area contributed by atoms with Gasteiger partial charge in [-0.2, -0.15) is 0 Å². The van der Waals surface area contributed by atoms with E-state index in [1.165, 1.54) is 23.6 Å². The van der Waals surface area contributed by atoms with Crippen LogP contribution in [0.2, 0.25) is 0 Å². The first kappa shape index (κ1) is 27.1. The largest absolute Gasteiger partial charge is 0.468 e. The van der Waals surface area contributed by atoms with Crippen LogP contribution in [0.4, 0.5) is 0 Å². The van der Waals surface area contributed by atoms with Crippen molar-refractivity contribution < 1.29 is 14.3 Å². The Kier molecular flexibility index (Phi) is 15.0. The zero-order valence-electron chi connectivity index (χ0n) is 20.0. The molecule has 0 aromatic heterocycles. The molecule has 3 aromatic carbocycles. The highest BCUT2D eigenvalue weighted by Gasteiger charge is 2.09. The Bertz CT molecular complexity index is 814. The lowest BCUT2D eigenvalue weighted by atomic mass is 10.0. The topological polar surface area (TPSA) is 35.5 Å². The standard InChI is InChI=1S/C25H28O2.C2H4O.C2H6/c1-2-9-24(17-14-21-10-5-3-6-11-21)26-20-27-25-18-15-23(16-19-25)22-12-7-4-8-13-22;1-2-3;1-2/h3-8,10-13,15-16,18-19,24H,2,9,14,17,20H2,1H3;2H,1H3;1-2H3. The predicted molar refractivity (Wildman–Crippen MR) is 135 cm³/mol. The molecule has 0 saturated heterocycles. The molecule has 1 unspecified atom stereocenters. The summed E-state index contributed by atoms with van der Waals surface area (Å²) < 4.78 is 11.8. The average molecular weight is 435 g/mol. The Morgan fingerprint density at radius 2 is 1.31 bits per heavy atom. The second-order valence-corrected chi connectivity index (χ2v) is 6.99. The maximum absolute atomic E-state index is 8.81. The molecule has 0 saturated carbocycles. The Hall–Kier alpha value is -2.91. The molecule has 0 amide bonds. The third-order valence-corrected chi connectivity index (χ3v) is 4.70. The Morgan fingerprint density at radius 3 is 1.88 bits per heavy atom. The number of benzene rings is 3. The van der Waals surface area contributed by atoms with Gasteiger partial charge in [0, 0.05) is 0 Å². The van der Waals surface area contributed by atoms with Gasteiger partial charge in [0.1, 0.15) is 12.0 Å². The predicted octanol–water partition coefficient (Wildman–Crippen LogP) is 7.74. The van der Waals surface area contributed by atoms with E-state index in [2.05, 4.69) is 73.7 Å². The van der Waals surface area contributed by atoms with Crippen LogP contribution < -0.4 is 4.74 Å². The lowest BCUT2D eigenvalue weighted by Crippen LogP contribution is -2.17. The molecule has 172 valence electrons. The smallest absolute Gasteiger partial charge is 0.189 e. The molecule has 0 N–H and O–H groups in total. The Morgan fingerprint density at radius 1 is 0.781 bits per heavy atom. The molecule has 3 heteroatoms. The van der Waals surface area contributed by atoms with Gasteiger partial charge in [0.15, 0.2) is 6.79 Å². The number of aldehydes is 1. The molecule has 0 radical (unpaired) electrons. The van der Waals surface area contributed by atoms with Crippen LogP contribution in [0.1, 0.15) is 52.5 Å². The average Bonchev–Trinajstić information content (AvgIpc) is 2.86. The first-order valence-electron chi connectivity index (χ1n) is 11.6. The summed E-state index contributed by atoms with van der Waals surface area (Å²) >= 11 is 0. The molecule has 0 spiro atoms. The maximum atomic E-state index is 8.81. The van der Waals surface area contributed by atoms with Gasteiger partial charge in [-0.05, 0) is 55.0 Å². The van der Waals surface area contributed by atoms with E-state index >= 15 is 0 Å². The molecule has 0 bridgehead atoms. The molecule has 1 atom stereocenters. The van der Waals surface area contributed by atoms with Crippen molar-refractivity contribution in [1.29, 1.82) is 0 Å². The third kappa shape index (κ3) is 10.9. The number of aryl methyl sites for hydroxylation is 1. The first-order chi connectivity index (χ1) is 15.8. The molecular weight excluding hydrogens is 396 g/mol. The fourth-order valence-electron chi connectivity index (χ4n) is 3.18. The third-order valence-electron chi connectivity index (χ3n) is 4.70. The van der Waals surface area contributed by atoms with Crippen molar-refractivity contribution in [3.63, 3.8) is 0 Å². The van der Waals surface area contributed by atoms with Crippen molar-refractivity contribution in [2.45, 2.75) is 59.5 Å². The van der Waals surface area contributed by atoms with Crippen LogP contribution in [-0.2, 0) is 16.0 Å². The van der Waals surface area contributed by atoms with Crippen LogP contribution >= 0.6 is 0 Å². The lowest BCUT2D eigenvalue weighted by Gasteiger charge is -2.18. The maximum Gasteiger partial charge on any atom is 0.189 e. The zero-order valence-corrected chi connectivity index (χ0v) is 20.0. The van der Waals surface area contributed by atoms with Crippen LogP contribution in [0.15, 0.2) is 84.9 Å². The van der Waals surface area contributed by atoms with E-state index in [1.54, 1.807) is 0 Å². The monoisotopic (exact) mass is 434 g/mol. The van der Waals surface area contributed by atoms with Gasteiger partial charge < -0.3 is 14.3 Å². The summed E-state index contributed by atoms with van der Waals surface area (Å²) in [5.41, 5.74) is 3.76. The molecule has 3 aromatic rings. The van der Waals surface area contributed by atoms with Gasteiger partial charge in [-0.15, -0.1) is 0 Å². The molecule has 0 aliphatic rings. The fraction of sp³-hybridized carbons (Fsp3) is 0.345. The van der Waals surface area contributed by atoms with E-state index in [4.69, 9.17) is 14.3 Å². The molecular formula is C29H38O3. The molecule has 0 aliphatic heterocycles. The van der Waals surface area contributed by atoms with Gasteiger partial charge in [-0.1, -0.05) is 100.0 Å². The van der Waals surface area contributed by atoms with E-state index in [0.717, 1.165) is 37.7 Å². The van der Waals surface area contributed by atoms with Crippen molar-refractivity contribution in [2.75, 3.05) is 6.79 Å². The minimum absolute atomic E-state index is 0.235. The van der Waals surface area contributed by atoms with Gasteiger partial charge in [0.05, 0.1) is 6.10 Å². The van der Waals surface area contributed by atoms with Crippen LogP contribution in [-0.4, -0.2) is 19.2 Å². The van der Waals surface area contributed by atoms with Crippen LogP contribution in [0.25, 0.3) is 11.1 Å².